The average Bonchev–Trinajstić information content (AvgIpc) is 2.56. The van der Waals surface area contributed by atoms with E-state index in [4.69, 9.17) is 5.73 Å². The van der Waals surface area contributed by atoms with Crippen molar-refractivity contribution in [2.24, 2.45) is 7.05 Å². The summed E-state index contributed by atoms with van der Waals surface area (Å²) in [4.78, 5) is 5.22. The first-order valence-electron chi connectivity index (χ1n) is 4.13. The number of rotatable bonds is 2. The first kappa shape index (κ1) is 9.08. The van der Waals surface area contributed by atoms with Crippen LogP contribution in [0.5, 0.6) is 0 Å². The maximum atomic E-state index is 5.59. The van der Waals surface area contributed by atoms with Crippen LogP contribution in [0.1, 0.15) is 0 Å². The Kier molecular flexibility index (Phi) is 2.41. The summed E-state index contributed by atoms with van der Waals surface area (Å²) in [6, 6.07) is 7.68. The Balaban J connectivity index is 2.19. The molecule has 0 radical (unpaired) electrons. The van der Waals surface area contributed by atoms with Gasteiger partial charge >= 0.3 is 0 Å². The highest BCUT2D eigenvalue weighted by atomic mass is 32.2. The summed E-state index contributed by atoms with van der Waals surface area (Å²) in [6.45, 7) is 0. The normalized spacial score (nSPS) is 10.4. The van der Waals surface area contributed by atoms with E-state index in [1.54, 1.807) is 22.8 Å². The van der Waals surface area contributed by atoms with Crippen molar-refractivity contribution in [3.05, 3.63) is 30.6 Å². The highest BCUT2D eigenvalue weighted by molar-refractivity contribution is 7.99. The van der Waals surface area contributed by atoms with Crippen molar-refractivity contribution in [2.45, 2.75) is 10.1 Å². The van der Waals surface area contributed by atoms with Gasteiger partial charge in [0.1, 0.15) is 6.33 Å². The van der Waals surface area contributed by atoms with Gasteiger partial charge in [-0.2, -0.15) is 5.10 Å². The van der Waals surface area contributed by atoms with Gasteiger partial charge in [0.15, 0.2) is 5.16 Å². The quantitative estimate of drug-likeness (QED) is 0.757. The second kappa shape index (κ2) is 3.71. The van der Waals surface area contributed by atoms with Crippen molar-refractivity contribution in [3.63, 3.8) is 0 Å². The van der Waals surface area contributed by atoms with E-state index in [2.05, 4.69) is 10.1 Å². The molecule has 0 fully saturated rings. The lowest BCUT2D eigenvalue weighted by atomic mass is 10.3. The zero-order valence-corrected chi connectivity index (χ0v) is 8.53. The molecule has 1 heterocycles. The molecule has 0 amide bonds. The molecule has 0 aliphatic carbocycles. The van der Waals surface area contributed by atoms with Crippen LogP contribution in [0.15, 0.2) is 40.6 Å². The topological polar surface area (TPSA) is 56.7 Å². The number of anilines is 1. The van der Waals surface area contributed by atoms with Crippen molar-refractivity contribution in [2.75, 3.05) is 5.73 Å². The Morgan fingerprint density at radius 2 is 2.00 bits per heavy atom. The van der Waals surface area contributed by atoms with Crippen LogP contribution >= 0.6 is 11.8 Å². The van der Waals surface area contributed by atoms with Gasteiger partial charge in [-0.05, 0) is 24.3 Å². The molecule has 14 heavy (non-hydrogen) atoms. The minimum atomic E-state index is 0.771. The zero-order valence-electron chi connectivity index (χ0n) is 7.71. The number of benzene rings is 1. The molecule has 0 saturated heterocycles. The fourth-order valence-electron chi connectivity index (χ4n) is 1.02. The molecule has 72 valence electrons. The van der Waals surface area contributed by atoms with Crippen molar-refractivity contribution in [1.29, 1.82) is 0 Å². The van der Waals surface area contributed by atoms with Crippen molar-refractivity contribution in [3.8, 4) is 0 Å². The van der Waals surface area contributed by atoms with E-state index in [1.807, 2.05) is 31.3 Å². The minimum Gasteiger partial charge on any atom is -0.399 e. The predicted molar refractivity (Wildman–Crippen MR) is 56.0 cm³/mol. The molecular weight excluding hydrogens is 196 g/mol. The Morgan fingerprint density at radius 1 is 1.29 bits per heavy atom. The summed E-state index contributed by atoms with van der Waals surface area (Å²) < 4.78 is 1.74. The Labute approximate surface area is 86.1 Å². The molecule has 0 spiro atoms. The number of aromatic nitrogens is 3. The average molecular weight is 206 g/mol. The lowest BCUT2D eigenvalue weighted by Gasteiger charge is -2.00. The third-order valence-corrected chi connectivity index (χ3v) is 2.82. The second-order valence-corrected chi connectivity index (χ2v) is 3.88. The van der Waals surface area contributed by atoms with Crippen LogP contribution in [0.4, 0.5) is 5.69 Å². The minimum absolute atomic E-state index is 0.771. The van der Waals surface area contributed by atoms with E-state index < -0.39 is 0 Å². The molecule has 0 aliphatic heterocycles. The van der Waals surface area contributed by atoms with Gasteiger partial charge in [0.25, 0.3) is 0 Å². The third-order valence-electron chi connectivity index (χ3n) is 1.76. The first-order valence-corrected chi connectivity index (χ1v) is 4.95. The molecular formula is C9H10N4S. The van der Waals surface area contributed by atoms with E-state index in [0.717, 1.165) is 15.7 Å². The molecule has 2 rings (SSSR count). The van der Waals surface area contributed by atoms with Crippen LogP contribution < -0.4 is 5.73 Å². The number of nitrogen functional groups attached to an aromatic ring is 1. The molecule has 0 aliphatic rings. The van der Waals surface area contributed by atoms with Gasteiger partial charge in [-0.1, -0.05) is 11.8 Å². The third kappa shape index (κ3) is 1.88. The van der Waals surface area contributed by atoms with Gasteiger partial charge in [-0.3, -0.25) is 0 Å². The van der Waals surface area contributed by atoms with E-state index in [0.29, 0.717) is 0 Å². The fourth-order valence-corrected chi connectivity index (χ4v) is 1.78. The molecule has 0 saturated carbocycles. The number of hydrogen-bond acceptors (Lipinski definition) is 4. The van der Waals surface area contributed by atoms with Crippen LogP contribution in [-0.2, 0) is 7.05 Å². The largest absolute Gasteiger partial charge is 0.399 e. The first-order chi connectivity index (χ1) is 6.75. The van der Waals surface area contributed by atoms with Gasteiger partial charge in [0, 0.05) is 17.6 Å². The summed E-state index contributed by atoms with van der Waals surface area (Å²) in [6.07, 6.45) is 1.54. The standard InChI is InChI=1S/C9H10N4S/c1-13-9(11-6-12-13)14-8-4-2-7(10)3-5-8/h2-6H,10H2,1H3. The smallest absolute Gasteiger partial charge is 0.190 e. The molecule has 0 unspecified atom stereocenters. The molecule has 0 atom stereocenters. The molecule has 2 N–H and O–H groups in total. The van der Waals surface area contributed by atoms with Crippen LogP contribution in [0.25, 0.3) is 0 Å². The Morgan fingerprint density at radius 3 is 2.57 bits per heavy atom. The maximum Gasteiger partial charge on any atom is 0.190 e. The summed E-state index contributed by atoms with van der Waals surface area (Å²) in [5.41, 5.74) is 6.36. The molecule has 4 nitrogen and oxygen atoms in total. The molecule has 0 bridgehead atoms. The SMILES string of the molecule is Cn1ncnc1Sc1ccc(N)cc1. The molecule has 5 heteroatoms. The van der Waals surface area contributed by atoms with Gasteiger partial charge in [-0.25, -0.2) is 9.67 Å². The lowest BCUT2D eigenvalue weighted by Crippen LogP contribution is -1.92. The van der Waals surface area contributed by atoms with Crippen LogP contribution in [0, 0.1) is 0 Å². The summed E-state index contributed by atoms with van der Waals surface area (Å²) in [7, 11) is 1.87. The van der Waals surface area contributed by atoms with Crippen molar-refractivity contribution in [1.82, 2.24) is 14.8 Å². The van der Waals surface area contributed by atoms with Crippen molar-refractivity contribution < 1.29 is 0 Å². The van der Waals surface area contributed by atoms with Gasteiger partial charge in [0.05, 0.1) is 0 Å². The summed E-state index contributed by atoms with van der Waals surface area (Å²) in [5.74, 6) is 0. The fraction of sp³-hybridized carbons (Fsp3) is 0.111. The van der Waals surface area contributed by atoms with Gasteiger partial charge in [-0.15, -0.1) is 0 Å². The second-order valence-electron chi connectivity index (χ2n) is 2.84. The monoisotopic (exact) mass is 206 g/mol. The van der Waals surface area contributed by atoms with Crippen LogP contribution in [-0.4, -0.2) is 14.8 Å². The summed E-state index contributed by atoms with van der Waals surface area (Å²) in [5, 5.41) is 4.86. The highest BCUT2D eigenvalue weighted by Gasteiger charge is 2.02. The Hall–Kier alpha value is -1.49. The van der Waals surface area contributed by atoms with E-state index in [1.165, 1.54) is 0 Å². The zero-order chi connectivity index (χ0) is 9.97. The van der Waals surface area contributed by atoms with E-state index in [-0.39, 0.29) is 0 Å². The van der Waals surface area contributed by atoms with Crippen molar-refractivity contribution >= 4 is 17.4 Å². The van der Waals surface area contributed by atoms with Crippen LogP contribution in [0.2, 0.25) is 0 Å². The number of nitrogens with two attached hydrogens (primary N) is 1. The Bertz CT molecular complexity index is 421. The molecule has 1 aromatic carbocycles. The highest BCUT2D eigenvalue weighted by Crippen LogP contribution is 2.25. The number of nitrogens with zero attached hydrogens (tertiary/aromatic N) is 3. The molecule has 1 aromatic heterocycles. The number of aryl methyl sites for hydroxylation is 1. The van der Waals surface area contributed by atoms with E-state index in [9.17, 15) is 0 Å². The van der Waals surface area contributed by atoms with Gasteiger partial charge < -0.3 is 5.73 Å². The maximum absolute atomic E-state index is 5.59. The van der Waals surface area contributed by atoms with Crippen LogP contribution in [0.3, 0.4) is 0 Å². The van der Waals surface area contributed by atoms with Gasteiger partial charge in [0.2, 0.25) is 0 Å². The lowest BCUT2D eigenvalue weighted by molar-refractivity contribution is 0.685. The predicted octanol–water partition coefficient (Wildman–Crippen LogP) is 1.55. The van der Waals surface area contributed by atoms with E-state index >= 15 is 0 Å². The molecule has 2 aromatic rings. The summed E-state index contributed by atoms with van der Waals surface area (Å²) >= 11 is 1.56. The number of hydrogen-bond donors (Lipinski definition) is 1.